The molecule has 1 rings (SSSR count). The summed E-state index contributed by atoms with van der Waals surface area (Å²) in [5, 5.41) is 0. The molecule has 4 unspecified atom stereocenters. The highest BCUT2D eigenvalue weighted by Gasteiger charge is 2.45. The van der Waals surface area contributed by atoms with Gasteiger partial charge in [-0.3, -0.25) is 0 Å². The Bertz CT molecular complexity index is 401. The average Bonchev–Trinajstić information content (AvgIpc) is 2.70. The van der Waals surface area contributed by atoms with E-state index >= 15 is 0 Å². The summed E-state index contributed by atoms with van der Waals surface area (Å²) in [5.41, 5.74) is -0.566. The molecule has 0 aromatic rings. The molecule has 4 heteroatoms. The summed E-state index contributed by atoms with van der Waals surface area (Å²) in [7, 11) is 0. The standard InChI is InChI=1S/C24H48O4/c1-9-13-16-22(7,11-3)25-27-24(18-15-20(5)21(6)19-24)28-26-23(8,12-4)17-14-10-2/h20-21H,9-19H2,1-8H3. The Morgan fingerprint density at radius 3 is 1.61 bits per heavy atom. The predicted molar refractivity (Wildman–Crippen MR) is 116 cm³/mol. The van der Waals surface area contributed by atoms with Crippen LogP contribution in [-0.4, -0.2) is 17.0 Å². The molecule has 0 aromatic carbocycles. The lowest BCUT2D eigenvalue weighted by atomic mass is 9.78. The summed E-state index contributed by atoms with van der Waals surface area (Å²) in [4.78, 5) is 24.4. The SMILES string of the molecule is CCCCC(C)(CC)OOC1(OOC(C)(CC)CCCC)CCC(C)C(C)C1. The van der Waals surface area contributed by atoms with E-state index < -0.39 is 5.79 Å². The Labute approximate surface area is 174 Å². The molecule has 1 fully saturated rings. The quantitative estimate of drug-likeness (QED) is 0.170. The van der Waals surface area contributed by atoms with Crippen molar-refractivity contribution in [3.8, 4) is 0 Å². The highest BCUT2D eigenvalue weighted by Crippen LogP contribution is 2.42. The lowest BCUT2D eigenvalue weighted by Crippen LogP contribution is -2.47. The molecule has 0 saturated heterocycles. The van der Waals surface area contributed by atoms with Crippen molar-refractivity contribution in [1.82, 2.24) is 0 Å². The number of hydrogen-bond acceptors (Lipinski definition) is 4. The minimum absolute atomic E-state index is 0.283. The zero-order valence-electron chi connectivity index (χ0n) is 20.1. The van der Waals surface area contributed by atoms with Crippen LogP contribution < -0.4 is 0 Å². The van der Waals surface area contributed by atoms with Crippen LogP contribution in [0.15, 0.2) is 0 Å². The summed E-state index contributed by atoms with van der Waals surface area (Å²) in [6.45, 7) is 17.6. The molecule has 4 nitrogen and oxygen atoms in total. The molecule has 0 radical (unpaired) electrons. The Morgan fingerprint density at radius 2 is 1.25 bits per heavy atom. The van der Waals surface area contributed by atoms with Gasteiger partial charge in [-0.05, 0) is 57.8 Å². The van der Waals surface area contributed by atoms with Crippen molar-refractivity contribution in [3.63, 3.8) is 0 Å². The fourth-order valence-corrected chi connectivity index (χ4v) is 3.70. The van der Waals surface area contributed by atoms with Gasteiger partial charge < -0.3 is 0 Å². The number of unbranched alkanes of at least 4 members (excludes halogenated alkanes) is 2. The monoisotopic (exact) mass is 400 g/mol. The smallest absolute Gasteiger partial charge is 0.227 e. The molecular weight excluding hydrogens is 352 g/mol. The third kappa shape index (κ3) is 7.93. The van der Waals surface area contributed by atoms with E-state index in [1.54, 1.807) is 0 Å². The first-order valence-electron chi connectivity index (χ1n) is 11.9. The fourth-order valence-electron chi connectivity index (χ4n) is 3.70. The minimum atomic E-state index is -0.808. The largest absolute Gasteiger partial charge is 0.234 e. The minimum Gasteiger partial charge on any atom is -0.227 e. The zero-order valence-corrected chi connectivity index (χ0v) is 20.1. The summed E-state index contributed by atoms with van der Waals surface area (Å²) >= 11 is 0. The molecule has 0 spiro atoms. The Balaban J connectivity index is 2.86. The van der Waals surface area contributed by atoms with Gasteiger partial charge in [0.2, 0.25) is 5.79 Å². The van der Waals surface area contributed by atoms with Crippen molar-refractivity contribution < 1.29 is 19.6 Å². The number of rotatable bonds is 14. The zero-order chi connectivity index (χ0) is 21.3. The third-order valence-corrected chi connectivity index (χ3v) is 6.99. The predicted octanol–water partition coefficient (Wildman–Crippen LogP) is 7.75. The van der Waals surface area contributed by atoms with Gasteiger partial charge in [-0.15, -0.1) is 0 Å². The average molecular weight is 401 g/mol. The van der Waals surface area contributed by atoms with Gasteiger partial charge in [-0.25, -0.2) is 9.78 Å². The van der Waals surface area contributed by atoms with Gasteiger partial charge in [-0.1, -0.05) is 67.2 Å². The Hall–Kier alpha value is -0.160. The van der Waals surface area contributed by atoms with E-state index in [0.29, 0.717) is 11.8 Å². The summed E-state index contributed by atoms with van der Waals surface area (Å²) < 4.78 is 0. The molecule has 4 atom stereocenters. The summed E-state index contributed by atoms with van der Waals surface area (Å²) in [5.74, 6) is 0.362. The first-order valence-corrected chi connectivity index (χ1v) is 11.9. The Morgan fingerprint density at radius 1 is 0.786 bits per heavy atom. The van der Waals surface area contributed by atoms with Crippen molar-refractivity contribution in [3.05, 3.63) is 0 Å². The second-order valence-electron chi connectivity index (χ2n) is 9.76. The molecule has 168 valence electrons. The van der Waals surface area contributed by atoms with Crippen LogP contribution in [0.5, 0.6) is 0 Å². The van der Waals surface area contributed by atoms with Gasteiger partial charge >= 0.3 is 0 Å². The van der Waals surface area contributed by atoms with Crippen LogP contribution in [0.1, 0.15) is 126 Å². The molecule has 0 amide bonds. The van der Waals surface area contributed by atoms with Crippen LogP contribution in [0, 0.1) is 11.8 Å². The van der Waals surface area contributed by atoms with Crippen molar-refractivity contribution in [1.29, 1.82) is 0 Å². The molecule has 1 aliphatic rings. The van der Waals surface area contributed by atoms with Gasteiger partial charge in [0.05, 0.1) is 0 Å². The van der Waals surface area contributed by atoms with E-state index in [-0.39, 0.29) is 11.2 Å². The van der Waals surface area contributed by atoms with Gasteiger partial charge in [0.1, 0.15) is 11.2 Å². The van der Waals surface area contributed by atoms with E-state index in [2.05, 4.69) is 55.4 Å². The highest BCUT2D eigenvalue weighted by atomic mass is 17.3. The normalized spacial score (nSPS) is 30.0. The molecule has 0 aliphatic heterocycles. The maximum Gasteiger partial charge on any atom is 0.234 e. The van der Waals surface area contributed by atoms with Crippen molar-refractivity contribution in [2.24, 2.45) is 11.8 Å². The highest BCUT2D eigenvalue weighted by molar-refractivity contribution is 4.82. The van der Waals surface area contributed by atoms with Crippen LogP contribution in [0.4, 0.5) is 0 Å². The molecule has 0 bridgehead atoms. The van der Waals surface area contributed by atoms with Crippen LogP contribution in [0.25, 0.3) is 0 Å². The summed E-state index contributed by atoms with van der Waals surface area (Å²) in [6.07, 6.45) is 11.1. The van der Waals surface area contributed by atoms with Gasteiger partial charge in [0.15, 0.2) is 0 Å². The second-order valence-corrected chi connectivity index (χ2v) is 9.76. The molecule has 1 aliphatic carbocycles. The van der Waals surface area contributed by atoms with E-state index in [1.165, 1.54) is 0 Å². The van der Waals surface area contributed by atoms with E-state index in [1.807, 2.05) is 0 Å². The van der Waals surface area contributed by atoms with E-state index in [9.17, 15) is 0 Å². The van der Waals surface area contributed by atoms with Crippen LogP contribution in [-0.2, 0) is 19.6 Å². The lowest BCUT2D eigenvalue weighted by molar-refractivity contribution is -0.553. The first-order chi connectivity index (χ1) is 13.2. The lowest BCUT2D eigenvalue weighted by Gasteiger charge is -2.43. The van der Waals surface area contributed by atoms with Crippen LogP contribution in [0.3, 0.4) is 0 Å². The first kappa shape index (κ1) is 25.9. The maximum absolute atomic E-state index is 6.14. The van der Waals surface area contributed by atoms with E-state index in [4.69, 9.17) is 19.6 Å². The molecule has 0 N–H and O–H groups in total. The topological polar surface area (TPSA) is 36.9 Å². The van der Waals surface area contributed by atoms with Crippen LogP contribution >= 0.6 is 0 Å². The Kier molecular flexibility index (Phi) is 11.0. The molecule has 1 saturated carbocycles. The molecule has 28 heavy (non-hydrogen) atoms. The van der Waals surface area contributed by atoms with Crippen LogP contribution in [0.2, 0.25) is 0 Å². The van der Waals surface area contributed by atoms with Crippen molar-refractivity contribution in [2.45, 2.75) is 143 Å². The third-order valence-electron chi connectivity index (χ3n) is 6.99. The molecular formula is C24H48O4. The van der Waals surface area contributed by atoms with Gasteiger partial charge in [0.25, 0.3) is 0 Å². The summed E-state index contributed by atoms with van der Waals surface area (Å²) in [6, 6.07) is 0. The van der Waals surface area contributed by atoms with Gasteiger partial charge in [-0.2, -0.15) is 9.78 Å². The van der Waals surface area contributed by atoms with Gasteiger partial charge in [0, 0.05) is 12.8 Å². The number of hydrogen-bond donors (Lipinski definition) is 0. The van der Waals surface area contributed by atoms with Crippen molar-refractivity contribution >= 4 is 0 Å². The second kappa shape index (κ2) is 11.9. The van der Waals surface area contributed by atoms with E-state index in [0.717, 1.165) is 70.6 Å². The van der Waals surface area contributed by atoms with Crippen molar-refractivity contribution in [2.75, 3.05) is 0 Å². The maximum atomic E-state index is 6.14. The fraction of sp³-hybridized carbons (Fsp3) is 1.00. The molecule has 0 heterocycles. The molecule has 0 aromatic heterocycles.